The van der Waals surface area contributed by atoms with Gasteiger partial charge in [0.1, 0.15) is 12.2 Å². The number of hydrogen-bond acceptors (Lipinski definition) is 2. The molecule has 0 fully saturated rings. The molecule has 0 saturated heterocycles. The number of aryl methyl sites for hydroxylation is 1. The van der Waals surface area contributed by atoms with Crippen LogP contribution in [0.5, 0.6) is 0 Å². The van der Waals surface area contributed by atoms with Gasteiger partial charge in [-0.1, -0.05) is 19.6 Å². The number of alkyl halides is 3. The molecule has 0 atom stereocenters. The van der Waals surface area contributed by atoms with Gasteiger partial charge in [0, 0.05) is 26.3 Å². The summed E-state index contributed by atoms with van der Waals surface area (Å²) in [6.07, 6.45) is -2.70. The minimum atomic E-state index is -4.41. The highest BCUT2D eigenvalue weighted by atomic mass is 79.9. The highest BCUT2D eigenvalue weighted by Crippen LogP contribution is 2.40. The quantitative estimate of drug-likeness (QED) is 0.486. The molecule has 3 nitrogen and oxygen atoms in total. The molecule has 8 heteroatoms. The zero-order valence-corrected chi connectivity index (χ0v) is 16.2. The second-order valence-electron chi connectivity index (χ2n) is 6.83. The fraction of sp³-hybridized carbons (Fsp3) is 0.533. The molecule has 0 N–H and O–H groups in total. The van der Waals surface area contributed by atoms with Gasteiger partial charge in [0.25, 0.3) is 0 Å². The van der Waals surface area contributed by atoms with E-state index in [2.05, 4.69) is 40.7 Å². The van der Waals surface area contributed by atoms with Gasteiger partial charge in [-0.05, 0) is 40.5 Å². The number of aromatic nitrogens is 2. The minimum Gasteiger partial charge on any atom is -0.360 e. The van der Waals surface area contributed by atoms with Gasteiger partial charge in [0.2, 0.25) is 0 Å². The maximum atomic E-state index is 13.1. The molecule has 0 aliphatic carbocycles. The molecule has 0 aliphatic heterocycles. The summed E-state index contributed by atoms with van der Waals surface area (Å²) in [5.41, 5.74) is -0.192. The SMILES string of the molecule is Cc1cc2cn(COCC[Si](C)(C)C)nc2c(Br)c1C(F)(F)F. The van der Waals surface area contributed by atoms with Crippen LogP contribution in [-0.2, 0) is 17.6 Å². The third-order valence-electron chi connectivity index (χ3n) is 3.49. The van der Waals surface area contributed by atoms with Crippen molar-refractivity contribution in [3.05, 3.63) is 27.9 Å². The molecule has 0 amide bonds. The Hall–Kier alpha value is -0.863. The molecule has 1 heterocycles. The Morgan fingerprint density at radius 1 is 1.30 bits per heavy atom. The Kier molecular flexibility index (Phi) is 5.27. The van der Waals surface area contributed by atoms with E-state index in [-0.39, 0.29) is 16.8 Å². The average Bonchev–Trinajstić information content (AvgIpc) is 2.75. The van der Waals surface area contributed by atoms with E-state index in [1.165, 1.54) is 13.0 Å². The first kappa shape index (κ1) is 18.5. The Morgan fingerprint density at radius 3 is 2.52 bits per heavy atom. The Labute approximate surface area is 142 Å². The van der Waals surface area contributed by atoms with Crippen LogP contribution in [-0.4, -0.2) is 24.5 Å². The first-order chi connectivity index (χ1) is 10.5. The van der Waals surface area contributed by atoms with E-state index in [1.807, 2.05) is 0 Å². The number of nitrogens with zero attached hydrogens (tertiary/aromatic N) is 2. The Balaban J connectivity index is 2.21. The largest absolute Gasteiger partial charge is 0.417 e. The van der Waals surface area contributed by atoms with E-state index in [0.29, 0.717) is 17.5 Å². The predicted octanol–water partition coefficient (Wildman–Crippen LogP) is 5.44. The maximum Gasteiger partial charge on any atom is 0.417 e. The maximum absolute atomic E-state index is 13.1. The van der Waals surface area contributed by atoms with Gasteiger partial charge in [-0.2, -0.15) is 18.3 Å². The van der Waals surface area contributed by atoms with E-state index < -0.39 is 19.8 Å². The monoisotopic (exact) mass is 408 g/mol. The highest BCUT2D eigenvalue weighted by molar-refractivity contribution is 9.10. The molecule has 0 radical (unpaired) electrons. The van der Waals surface area contributed by atoms with Gasteiger partial charge in [-0.3, -0.25) is 0 Å². The number of hydrogen-bond donors (Lipinski definition) is 0. The first-order valence-corrected chi connectivity index (χ1v) is 11.8. The minimum absolute atomic E-state index is 0.0131. The van der Waals surface area contributed by atoms with E-state index in [1.54, 1.807) is 10.9 Å². The third-order valence-corrected chi connectivity index (χ3v) is 5.96. The second kappa shape index (κ2) is 6.56. The molecule has 0 saturated carbocycles. The third kappa shape index (κ3) is 4.57. The summed E-state index contributed by atoms with van der Waals surface area (Å²) in [4.78, 5) is 0. The van der Waals surface area contributed by atoms with Crippen molar-refractivity contribution < 1.29 is 17.9 Å². The van der Waals surface area contributed by atoms with E-state index in [9.17, 15) is 13.2 Å². The summed E-state index contributed by atoms with van der Waals surface area (Å²) in [7, 11) is -1.16. The number of fused-ring (bicyclic) bond motifs is 1. The Bertz CT molecular complexity index is 707. The van der Waals surface area contributed by atoms with E-state index >= 15 is 0 Å². The normalized spacial score (nSPS) is 13.0. The van der Waals surface area contributed by atoms with E-state index in [0.717, 1.165) is 6.04 Å². The molecule has 0 spiro atoms. The van der Waals surface area contributed by atoms with Crippen molar-refractivity contribution >= 4 is 34.9 Å². The van der Waals surface area contributed by atoms with Crippen molar-refractivity contribution in [1.29, 1.82) is 0 Å². The van der Waals surface area contributed by atoms with Crippen LogP contribution in [0.1, 0.15) is 11.1 Å². The van der Waals surface area contributed by atoms with Crippen molar-refractivity contribution in [3.8, 4) is 0 Å². The Morgan fingerprint density at radius 2 is 1.96 bits per heavy atom. The van der Waals surface area contributed by atoms with Crippen molar-refractivity contribution in [2.75, 3.05) is 6.61 Å². The lowest BCUT2D eigenvalue weighted by molar-refractivity contribution is -0.138. The van der Waals surface area contributed by atoms with Crippen molar-refractivity contribution in [2.24, 2.45) is 0 Å². The summed E-state index contributed by atoms with van der Waals surface area (Å²) in [6.45, 7) is 9.12. The second-order valence-corrected chi connectivity index (χ2v) is 13.2. The van der Waals surface area contributed by atoms with Crippen LogP contribution in [0.3, 0.4) is 0 Å². The summed E-state index contributed by atoms with van der Waals surface area (Å²) in [6, 6.07) is 2.54. The van der Waals surface area contributed by atoms with Crippen molar-refractivity contribution in [3.63, 3.8) is 0 Å². The fourth-order valence-electron chi connectivity index (χ4n) is 2.26. The molecule has 2 aromatic rings. The van der Waals surface area contributed by atoms with Crippen LogP contribution < -0.4 is 0 Å². The molecular formula is C15H20BrF3N2OSi. The number of ether oxygens (including phenoxy) is 1. The molecule has 1 aromatic carbocycles. The number of benzene rings is 1. The molecular weight excluding hydrogens is 389 g/mol. The zero-order valence-electron chi connectivity index (χ0n) is 13.6. The number of rotatable bonds is 5. The van der Waals surface area contributed by atoms with Crippen LogP contribution >= 0.6 is 15.9 Å². The lowest BCUT2D eigenvalue weighted by Crippen LogP contribution is -2.22. The summed E-state index contributed by atoms with van der Waals surface area (Å²) in [5.74, 6) is 0. The van der Waals surface area contributed by atoms with Gasteiger partial charge in [-0.15, -0.1) is 0 Å². The molecule has 2 rings (SSSR count). The first-order valence-electron chi connectivity index (χ1n) is 7.30. The van der Waals surface area contributed by atoms with Gasteiger partial charge in [0.15, 0.2) is 0 Å². The van der Waals surface area contributed by atoms with Crippen molar-refractivity contribution in [1.82, 2.24) is 9.78 Å². The number of halogens is 4. The van der Waals surface area contributed by atoms with Crippen LogP contribution in [0.4, 0.5) is 13.2 Å². The van der Waals surface area contributed by atoms with Gasteiger partial charge in [-0.25, -0.2) is 4.68 Å². The molecule has 0 aliphatic rings. The van der Waals surface area contributed by atoms with E-state index in [4.69, 9.17) is 4.74 Å². The lowest BCUT2D eigenvalue weighted by atomic mass is 10.1. The molecule has 128 valence electrons. The standard InChI is InChI=1S/C15H20BrF3N2OSi/c1-10-7-11-8-21(9-22-5-6-23(2,3)4)20-14(11)13(16)12(10)15(17,18)19/h7-8H,5-6,9H2,1-4H3. The fourth-order valence-corrected chi connectivity index (χ4v) is 3.86. The van der Waals surface area contributed by atoms with Gasteiger partial charge < -0.3 is 4.74 Å². The average molecular weight is 409 g/mol. The topological polar surface area (TPSA) is 27.1 Å². The van der Waals surface area contributed by atoms with Crippen LogP contribution in [0.25, 0.3) is 10.9 Å². The van der Waals surface area contributed by atoms with Crippen molar-refractivity contribution in [2.45, 2.75) is 45.5 Å². The molecule has 1 aromatic heterocycles. The van der Waals surface area contributed by atoms with Gasteiger partial charge >= 0.3 is 6.18 Å². The summed E-state index contributed by atoms with van der Waals surface area (Å²) in [5, 5.41) is 4.88. The predicted molar refractivity (Wildman–Crippen MR) is 91.3 cm³/mol. The van der Waals surface area contributed by atoms with Crippen LogP contribution in [0.2, 0.25) is 25.7 Å². The smallest absolute Gasteiger partial charge is 0.360 e. The highest BCUT2D eigenvalue weighted by Gasteiger charge is 2.36. The van der Waals surface area contributed by atoms with Gasteiger partial charge in [0.05, 0.1) is 10.0 Å². The zero-order chi connectivity index (χ0) is 17.4. The van der Waals surface area contributed by atoms with Crippen LogP contribution in [0.15, 0.2) is 16.7 Å². The molecule has 0 bridgehead atoms. The lowest BCUT2D eigenvalue weighted by Gasteiger charge is -2.15. The summed E-state index contributed by atoms with van der Waals surface area (Å²) >= 11 is 3.06. The summed E-state index contributed by atoms with van der Waals surface area (Å²) < 4.78 is 46.5. The molecule has 0 unspecified atom stereocenters. The van der Waals surface area contributed by atoms with Crippen LogP contribution in [0, 0.1) is 6.92 Å². The molecule has 23 heavy (non-hydrogen) atoms.